The maximum absolute atomic E-state index is 13.7. The number of fused-ring (bicyclic) bond motifs is 1. The number of ketones is 2. The maximum atomic E-state index is 13.7. The molecule has 8 heteroatoms. The second kappa shape index (κ2) is 14.7. The van der Waals surface area contributed by atoms with E-state index in [9.17, 15) is 14.4 Å². The monoisotopic (exact) mass is 579 g/mol. The zero-order valence-corrected chi connectivity index (χ0v) is 24.7. The second-order valence-corrected chi connectivity index (χ2v) is 12.2. The molecule has 4 rings (SSSR count). The van der Waals surface area contributed by atoms with Crippen LogP contribution in [0.5, 0.6) is 0 Å². The summed E-state index contributed by atoms with van der Waals surface area (Å²) in [6, 6.07) is 15.2. The Morgan fingerprint density at radius 1 is 1.10 bits per heavy atom. The summed E-state index contributed by atoms with van der Waals surface area (Å²) < 4.78 is 0.957. The van der Waals surface area contributed by atoms with Gasteiger partial charge in [0.15, 0.2) is 5.78 Å². The number of amides is 1. The normalized spacial score (nSPS) is 15.2. The van der Waals surface area contributed by atoms with Crippen LogP contribution in [0.3, 0.4) is 0 Å². The molecule has 0 radical (unpaired) electrons. The minimum atomic E-state index is -0.539. The fourth-order valence-corrected chi connectivity index (χ4v) is 6.47. The Hall–Kier alpha value is -2.87. The van der Waals surface area contributed by atoms with E-state index >= 15 is 0 Å². The van der Waals surface area contributed by atoms with Crippen LogP contribution >= 0.6 is 22.9 Å². The molecule has 1 aromatic heterocycles. The third kappa shape index (κ3) is 8.82. The van der Waals surface area contributed by atoms with Crippen molar-refractivity contribution in [2.45, 2.75) is 64.3 Å². The van der Waals surface area contributed by atoms with Crippen molar-refractivity contribution in [1.29, 1.82) is 0 Å². The molecule has 212 valence electrons. The maximum Gasteiger partial charge on any atom is 0.224 e. The molecule has 1 aliphatic heterocycles. The molecule has 2 heterocycles. The molecule has 0 bridgehead atoms. The lowest BCUT2D eigenvalue weighted by molar-refractivity contribution is -0.130. The molecular formula is C32H38ClN3O3S. The predicted molar refractivity (Wildman–Crippen MR) is 163 cm³/mol. The van der Waals surface area contributed by atoms with Gasteiger partial charge in [0.2, 0.25) is 5.91 Å². The molecule has 2 atom stereocenters. The fraction of sp³-hybridized carbons (Fsp3) is 0.438. The number of Topliss-reactive ketones (excluding diaryl/α,β-unsaturated/α-hetero) is 2. The number of aromatic nitrogens is 1. The summed E-state index contributed by atoms with van der Waals surface area (Å²) in [5, 5.41) is 4.64. The molecule has 1 amide bonds. The summed E-state index contributed by atoms with van der Waals surface area (Å²) in [6.45, 7) is 8.51. The minimum Gasteiger partial charge on any atom is -0.353 e. The first-order valence-corrected chi connectivity index (χ1v) is 15.3. The average molecular weight is 580 g/mol. The Balaban J connectivity index is 1.45. The lowest BCUT2D eigenvalue weighted by atomic mass is 9.94. The molecule has 0 saturated carbocycles. The van der Waals surface area contributed by atoms with E-state index in [0.29, 0.717) is 49.2 Å². The number of benzene rings is 2. The Kier molecular flexibility index (Phi) is 11.0. The summed E-state index contributed by atoms with van der Waals surface area (Å²) in [5.74, 6) is -0.631. The van der Waals surface area contributed by atoms with Crippen molar-refractivity contribution in [3.8, 4) is 0 Å². The van der Waals surface area contributed by atoms with Crippen LogP contribution in [0, 0.1) is 5.92 Å². The van der Waals surface area contributed by atoms with Gasteiger partial charge in [-0.3, -0.25) is 19.3 Å². The Morgan fingerprint density at radius 2 is 1.85 bits per heavy atom. The molecule has 1 aliphatic rings. The summed E-state index contributed by atoms with van der Waals surface area (Å²) >= 11 is 7.65. The van der Waals surface area contributed by atoms with Gasteiger partial charge < -0.3 is 5.32 Å². The molecule has 2 aromatic carbocycles. The van der Waals surface area contributed by atoms with E-state index in [2.05, 4.69) is 21.8 Å². The highest BCUT2D eigenvalue weighted by Gasteiger charge is 2.26. The summed E-state index contributed by atoms with van der Waals surface area (Å²) in [6.07, 6.45) is 4.67. The Bertz CT molecular complexity index is 1330. The van der Waals surface area contributed by atoms with Crippen LogP contribution in [0.4, 0.5) is 0 Å². The van der Waals surface area contributed by atoms with Crippen LogP contribution in [-0.4, -0.2) is 53.0 Å². The van der Waals surface area contributed by atoms with Crippen molar-refractivity contribution >= 4 is 50.6 Å². The highest BCUT2D eigenvalue weighted by molar-refractivity contribution is 7.18. The molecule has 1 N–H and O–H groups in total. The third-order valence-corrected chi connectivity index (χ3v) is 8.73. The van der Waals surface area contributed by atoms with Gasteiger partial charge in [-0.1, -0.05) is 55.4 Å². The largest absolute Gasteiger partial charge is 0.353 e. The van der Waals surface area contributed by atoms with Crippen LogP contribution in [0.2, 0.25) is 5.02 Å². The Labute approximate surface area is 245 Å². The van der Waals surface area contributed by atoms with E-state index < -0.39 is 5.92 Å². The summed E-state index contributed by atoms with van der Waals surface area (Å²) in [5.41, 5.74) is 2.55. The molecule has 40 heavy (non-hydrogen) atoms. The van der Waals surface area contributed by atoms with Crippen molar-refractivity contribution in [2.24, 2.45) is 5.92 Å². The van der Waals surface area contributed by atoms with Gasteiger partial charge in [-0.15, -0.1) is 11.3 Å². The van der Waals surface area contributed by atoms with E-state index in [1.54, 1.807) is 6.07 Å². The van der Waals surface area contributed by atoms with Crippen LogP contribution in [-0.2, 0) is 27.2 Å². The average Bonchev–Trinajstić information content (AvgIpc) is 3.60. The minimum absolute atomic E-state index is 0.0392. The van der Waals surface area contributed by atoms with E-state index in [1.165, 1.54) is 24.2 Å². The van der Waals surface area contributed by atoms with Gasteiger partial charge in [-0.2, -0.15) is 0 Å². The number of carbonyl (C=O) groups is 3. The van der Waals surface area contributed by atoms with E-state index in [4.69, 9.17) is 11.6 Å². The number of hydrogen-bond acceptors (Lipinski definition) is 6. The van der Waals surface area contributed by atoms with E-state index in [1.807, 2.05) is 49.4 Å². The first kappa shape index (κ1) is 30.1. The van der Waals surface area contributed by atoms with Gasteiger partial charge >= 0.3 is 0 Å². The van der Waals surface area contributed by atoms with Gasteiger partial charge in [0.05, 0.1) is 21.1 Å². The Morgan fingerprint density at radius 3 is 2.58 bits per heavy atom. The lowest BCUT2D eigenvalue weighted by Crippen LogP contribution is -2.41. The van der Waals surface area contributed by atoms with Crippen molar-refractivity contribution in [1.82, 2.24) is 15.2 Å². The van der Waals surface area contributed by atoms with E-state index in [-0.39, 0.29) is 29.9 Å². The zero-order chi connectivity index (χ0) is 28.5. The highest BCUT2D eigenvalue weighted by atomic mass is 35.5. The fourth-order valence-electron chi connectivity index (χ4n) is 5.14. The van der Waals surface area contributed by atoms with Crippen LogP contribution in [0.1, 0.15) is 56.0 Å². The summed E-state index contributed by atoms with van der Waals surface area (Å²) in [7, 11) is 0. The SMILES string of the molecule is C=C(CN1CCCC1)C(=O)CC[C@H](Cc1ccccc1)NC(=O)[C@@H](CC(=O)CC)Cc1nc2ccc(Cl)cc2s1. The molecule has 0 unspecified atom stereocenters. The summed E-state index contributed by atoms with van der Waals surface area (Å²) in [4.78, 5) is 46.0. The number of nitrogens with one attached hydrogen (secondary N) is 1. The molecular weight excluding hydrogens is 542 g/mol. The number of carbonyl (C=O) groups excluding carboxylic acids is 3. The van der Waals surface area contributed by atoms with Crippen LogP contribution in [0.15, 0.2) is 60.7 Å². The number of hydrogen-bond donors (Lipinski definition) is 1. The highest BCUT2D eigenvalue weighted by Crippen LogP contribution is 2.28. The quantitative estimate of drug-likeness (QED) is 0.217. The zero-order valence-electron chi connectivity index (χ0n) is 23.2. The van der Waals surface area contributed by atoms with Gasteiger partial charge in [0.1, 0.15) is 5.78 Å². The number of nitrogens with zero attached hydrogens (tertiary/aromatic N) is 2. The third-order valence-electron chi connectivity index (χ3n) is 7.45. The van der Waals surface area contributed by atoms with Crippen molar-refractivity contribution in [2.75, 3.05) is 19.6 Å². The number of halogens is 1. The number of likely N-dealkylation sites (tertiary alicyclic amines) is 1. The lowest BCUT2D eigenvalue weighted by Gasteiger charge is -2.23. The van der Waals surface area contributed by atoms with Gasteiger partial charge in [0, 0.05) is 48.9 Å². The molecule has 0 aliphatic carbocycles. The van der Waals surface area contributed by atoms with Crippen molar-refractivity contribution in [3.63, 3.8) is 0 Å². The standard InChI is InChI=1S/C32H38ClN3O3S/c1-3-27(37)18-24(19-31-35-28-13-11-25(33)20-30(28)40-31)32(39)34-26(17-23-9-5-4-6-10-23)12-14-29(38)22(2)21-36-15-7-8-16-36/h4-6,9-11,13,20,24,26H,2-3,7-8,12,14-19,21H2,1H3,(H,34,39)/t24-,26+/m0/s1. The molecule has 1 fully saturated rings. The second-order valence-electron chi connectivity index (χ2n) is 10.7. The first-order valence-electron chi connectivity index (χ1n) is 14.1. The van der Waals surface area contributed by atoms with Crippen LogP contribution < -0.4 is 5.32 Å². The van der Waals surface area contributed by atoms with Crippen molar-refractivity contribution < 1.29 is 14.4 Å². The number of thiazole rings is 1. The van der Waals surface area contributed by atoms with Gasteiger partial charge in [-0.05, 0) is 62.5 Å². The van der Waals surface area contributed by atoms with Gasteiger partial charge in [0.25, 0.3) is 0 Å². The molecule has 6 nitrogen and oxygen atoms in total. The molecule has 1 saturated heterocycles. The van der Waals surface area contributed by atoms with Crippen LogP contribution in [0.25, 0.3) is 10.2 Å². The van der Waals surface area contributed by atoms with Crippen molar-refractivity contribution in [3.05, 3.63) is 76.3 Å². The smallest absolute Gasteiger partial charge is 0.224 e. The predicted octanol–water partition coefficient (Wildman–Crippen LogP) is 6.21. The topological polar surface area (TPSA) is 79.4 Å². The molecule has 3 aromatic rings. The molecule has 0 spiro atoms. The number of rotatable bonds is 15. The first-order chi connectivity index (χ1) is 19.3. The van der Waals surface area contributed by atoms with E-state index in [0.717, 1.165) is 33.9 Å². The van der Waals surface area contributed by atoms with Gasteiger partial charge in [-0.25, -0.2) is 4.98 Å².